The Morgan fingerprint density at radius 3 is 1.60 bits per heavy atom. The summed E-state index contributed by atoms with van der Waals surface area (Å²) >= 11 is 0. The highest BCUT2D eigenvalue weighted by Gasteiger charge is 2.64. The van der Waals surface area contributed by atoms with E-state index in [-0.39, 0.29) is 18.0 Å². The third-order valence-corrected chi connectivity index (χ3v) is 9.72. The summed E-state index contributed by atoms with van der Waals surface area (Å²) in [6.45, 7) is 11.2. The predicted molar refractivity (Wildman–Crippen MR) is 139 cm³/mol. The minimum atomic E-state index is -3.93. The van der Waals surface area contributed by atoms with E-state index in [2.05, 4.69) is 0 Å². The molecule has 0 bridgehead atoms. The molecule has 0 aliphatic heterocycles. The number of benzene rings is 2. The first-order chi connectivity index (χ1) is 16.5. The number of rotatable bonds is 10. The monoisotopic (exact) mass is 502 g/mol. The summed E-state index contributed by atoms with van der Waals surface area (Å²) in [5.41, 5.74) is 3.63. The van der Waals surface area contributed by atoms with E-state index in [0.29, 0.717) is 19.3 Å². The Bertz CT molecular complexity index is 1040. The fourth-order valence-corrected chi connectivity index (χ4v) is 8.30. The van der Waals surface area contributed by atoms with E-state index in [1.807, 2.05) is 77.9 Å². The Morgan fingerprint density at radius 2 is 1.29 bits per heavy atom. The lowest BCUT2D eigenvalue weighted by molar-refractivity contribution is -0.120. The number of methoxy groups -OCH3 is 2. The second kappa shape index (κ2) is 10.9. The highest BCUT2D eigenvalue weighted by molar-refractivity contribution is 7.57. The largest absolute Gasteiger partial charge is 0.496 e. The van der Waals surface area contributed by atoms with Gasteiger partial charge in [0.1, 0.15) is 16.7 Å². The van der Waals surface area contributed by atoms with E-state index in [1.165, 1.54) is 0 Å². The molecule has 0 saturated heterocycles. The Labute approximate surface area is 209 Å². The number of carbonyl (C=O) groups is 1. The molecule has 7 heteroatoms. The summed E-state index contributed by atoms with van der Waals surface area (Å²) in [5, 5.41) is -1.34. The Hall–Kier alpha value is -2.14. The van der Waals surface area contributed by atoms with Crippen LogP contribution in [-0.2, 0) is 18.4 Å². The van der Waals surface area contributed by atoms with E-state index in [0.717, 1.165) is 33.8 Å². The molecule has 3 rings (SSSR count). The summed E-state index contributed by atoms with van der Waals surface area (Å²) in [4.78, 5) is 13.9. The summed E-state index contributed by atoms with van der Waals surface area (Å²) in [5.74, 6) is 0.902. The van der Waals surface area contributed by atoms with Gasteiger partial charge in [0, 0.05) is 12.3 Å². The van der Waals surface area contributed by atoms with Crippen molar-refractivity contribution >= 4 is 13.4 Å². The fourth-order valence-electron chi connectivity index (χ4n) is 5.30. The van der Waals surface area contributed by atoms with Crippen LogP contribution in [0.2, 0.25) is 0 Å². The van der Waals surface area contributed by atoms with E-state index in [1.54, 1.807) is 14.2 Å². The second-order valence-corrected chi connectivity index (χ2v) is 12.1. The van der Waals surface area contributed by atoms with Gasteiger partial charge in [0.25, 0.3) is 0 Å². The zero-order valence-electron chi connectivity index (χ0n) is 22.2. The maximum Gasteiger partial charge on any atom is 0.345 e. The molecule has 1 aliphatic carbocycles. The minimum Gasteiger partial charge on any atom is -0.496 e. The van der Waals surface area contributed by atoms with E-state index in [4.69, 9.17) is 18.5 Å². The molecule has 0 amide bonds. The summed E-state index contributed by atoms with van der Waals surface area (Å²) < 4.78 is 38.1. The van der Waals surface area contributed by atoms with Crippen LogP contribution in [0.4, 0.5) is 0 Å². The molecule has 1 saturated carbocycles. The molecule has 1 atom stereocenters. The Morgan fingerprint density at radius 1 is 0.829 bits per heavy atom. The molecular formula is C28H39O6P. The van der Waals surface area contributed by atoms with Crippen LogP contribution in [0.15, 0.2) is 36.4 Å². The third-order valence-electron chi connectivity index (χ3n) is 6.61. The van der Waals surface area contributed by atoms with Crippen LogP contribution in [0.5, 0.6) is 11.5 Å². The molecule has 0 N–H and O–H groups in total. The summed E-state index contributed by atoms with van der Waals surface area (Å²) in [6.07, 6.45) is 0.644. The Kier molecular flexibility index (Phi) is 8.52. The van der Waals surface area contributed by atoms with Gasteiger partial charge in [-0.15, -0.1) is 0 Å². The van der Waals surface area contributed by atoms with Crippen molar-refractivity contribution in [2.45, 2.75) is 84.1 Å². The molecule has 0 spiro atoms. The van der Waals surface area contributed by atoms with Crippen molar-refractivity contribution in [1.29, 1.82) is 0 Å². The van der Waals surface area contributed by atoms with Gasteiger partial charge in [-0.3, -0.25) is 9.36 Å². The number of carbonyl (C=O) groups excluding carboxylic acids is 1. The standard InChI is InChI=1S/C28H39O6P/c1-18(2)33-35(30,34-19(3)4)28(15-9-10-26(28)29)27(22-11-13-24(31-7)20(5)16-22)23-12-14-25(32-8)21(6)17-23/h11-14,16-19,27H,9-10,15H2,1-8H3/t28-/m1/s1. The average Bonchev–Trinajstić information content (AvgIpc) is 3.15. The van der Waals surface area contributed by atoms with Gasteiger partial charge in [-0.25, -0.2) is 0 Å². The van der Waals surface area contributed by atoms with E-state index >= 15 is 0 Å². The molecule has 6 nitrogen and oxygen atoms in total. The molecule has 0 unspecified atom stereocenters. The van der Waals surface area contributed by atoms with Gasteiger partial charge in [0.2, 0.25) is 0 Å². The number of hydrogen-bond acceptors (Lipinski definition) is 6. The first kappa shape index (κ1) is 27.4. The molecule has 192 valence electrons. The van der Waals surface area contributed by atoms with Crippen LogP contribution < -0.4 is 9.47 Å². The van der Waals surface area contributed by atoms with Gasteiger partial charge in [-0.1, -0.05) is 24.3 Å². The van der Waals surface area contributed by atoms with Gasteiger partial charge in [0.05, 0.1) is 26.4 Å². The van der Waals surface area contributed by atoms with Crippen molar-refractivity contribution in [1.82, 2.24) is 0 Å². The topological polar surface area (TPSA) is 71.1 Å². The van der Waals surface area contributed by atoms with Gasteiger partial charge in [-0.05, 0) is 88.8 Å². The lowest BCUT2D eigenvalue weighted by Crippen LogP contribution is -2.43. The lowest BCUT2D eigenvalue weighted by atomic mass is 9.77. The second-order valence-electron chi connectivity index (χ2n) is 9.90. The highest BCUT2D eigenvalue weighted by atomic mass is 31.2. The van der Waals surface area contributed by atoms with E-state index in [9.17, 15) is 9.36 Å². The maximum atomic E-state index is 14.9. The van der Waals surface area contributed by atoms with Crippen LogP contribution in [0, 0.1) is 13.8 Å². The average molecular weight is 503 g/mol. The van der Waals surface area contributed by atoms with Crippen LogP contribution in [0.3, 0.4) is 0 Å². The molecule has 1 fully saturated rings. The number of ketones is 1. The zero-order chi connectivity index (χ0) is 26.0. The quantitative estimate of drug-likeness (QED) is 0.326. The first-order valence-corrected chi connectivity index (χ1v) is 13.8. The zero-order valence-corrected chi connectivity index (χ0v) is 23.1. The van der Waals surface area contributed by atoms with Gasteiger partial charge >= 0.3 is 7.60 Å². The maximum absolute atomic E-state index is 14.9. The molecule has 0 aromatic heterocycles. The van der Waals surface area contributed by atoms with Crippen LogP contribution in [0.25, 0.3) is 0 Å². The number of aryl methyl sites for hydroxylation is 2. The van der Waals surface area contributed by atoms with Crippen LogP contribution in [0.1, 0.15) is 75.1 Å². The molecule has 2 aromatic rings. The van der Waals surface area contributed by atoms with Crippen molar-refractivity contribution in [3.63, 3.8) is 0 Å². The normalized spacial score (nSPS) is 18.7. The van der Waals surface area contributed by atoms with Crippen LogP contribution >= 0.6 is 7.60 Å². The van der Waals surface area contributed by atoms with Gasteiger partial charge < -0.3 is 18.5 Å². The lowest BCUT2D eigenvalue weighted by Gasteiger charge is -2.42. The molecular weight excluding hydrogens is 463 g/mol. The number of hydrogen-bond donors (Lipinski definition) is 0. The minimum absolute atomic E-state index is 0.0749. The molecule has 35 heavy (non-hydrogen) atoms. The first-order valence-electron chi connectivity index (χ1n) is 12.3. The van der Waals surface area contributed by atoms with Crippen LogP contribution in [-0.4, -0.2) is 37.4 Å². The fraction of sp³-hybridized carbons (Fsp3) is 0.536. The van der Waals surface area contributed by atoms with E-state index < -0.39 is 18.7 Å². The molecule has 1 aliphatic rings. The summed E-state index contributed by atoms with van der Waals surface area (Å²) in [7, 11) is -0.664. The van der Waals surface area contributed by atoms with Crippen molar-refractivity contribution in [3.8, 4) is 11.5 Å². The molecule has 0 heterocycles. The summed E-state index contributed by atoms with van der Waals surface area (Å²) in [6, 6.07) is 11.8. The van der Waals surface area contributed by atoms with Gasteiger partial charge in [-0.2, -0.15) is 0 Å². The van der Waals surface area contributed by atoms with Crippen molar-refractivity contribution in [2.24, 2.45) is 0 Å². The Balaban J connectivity index is 2.37. The van der Waals surface area contributed by atoms with Crippen molar-refractivity contribution in [2.75, 3.05) is 14.2 Å². The molecule has 0 radical (unpaired) electrons. The van der Waals surface area contributed by atoms with Gasteiger partial charge in [0.15, 0.2) is 5.78 Å². The highest BCUT2D eigenvalue weighted by Crippen LogP contribution is 2.71. The SMILES string of the molecule is COc1ccc(C(c2ccc(OC)c(C)c2)[C@@]2(P(=O)(OC(C)C)OC(C)C)CCCC2=O)cc1C. The number of Topliss-reactive ketones (excluding diaryl/α,β-unsaturated/α-hetero) is 1. The molecule has 2 aromatic carbocycles. The van der Waals surface area contributed by atoms with Crippen molar-refractivity contribution < 1.29 is 27.9 Å². The predicted octanol–water partition coefficient (Wildman–Crippen LogP) is 6.99. The smallest absolute Gasteiger partial charge is 0.345 e. The number of ether oxygens (including phenoxy) is 2. The van der Waals surface area contributed by atoms with Crippen molar-refractivity contribution in [3.05, 3.63) is 58.7 Å². The third kappa shape index (κ3) is 5.21.